The second-order valence-electron chi connectivity index (χ2n) is 5.10. The van der Waals surface area contributed by atoms with E-state index in [0.717, 1.165) is 23.5 Å². The lowest BCUT2D eigenvalue weighted by Gasteiger charge is -2.13. The summed E-state index contributed by atoms with van der Waals surface area (Å²) in [6, 6.07) is 4.99. The Labute approximate surface area is 121 Å². The average molecular weight is 295 g/mol. The standard InChI is InChI=1S/C14H17NO4S/c1-19-12(16)7-14(4-5-14)8-20-9-2-3-11(15)10(6-9)13(17)18/h2-3,6H,4-5,7-8,15H2,1H3,(H,17,18). The Balaban J connectivity index is 1.99. The highest BCUT2D eigenvalue weighted by Crippen LogP contribution is 2.52. The second-order valence-corrected chi connectivity index (χ2v) is 6.14. The van der Waals surface area contributed by atoms with Crippen LogP contribution >= 0.6 is 11.8 Å². The highest BCUT2D eigenvalue weighted by Gasteiger charge is 2.44. The van der Waals surface area contributed by atoms with Crippen LogP contribution in [-0.2, 0) is 9.53 Å². The van der Waals surface area contributed by atoms with Crippen LogP contribution in [0.4, 0.5) is 5.69 Å². The van der Waals surface area contributed by atoms with Gasteiger partial charge >= 0.3 is 11.9 Å². The van der Waals surface area contributed by atoms with E-state index in [4.69, 9.17) is 15.6 Å². The summed E-state index contributed by atoms with van der Waals surface area (Å²) in [5, 5.41) is 9.03. The minimum atomic E-state index is -1.03. The second kappa shape index (κ2) is 5.75. The molecule has 0 bridgehead atoms. The van der Waals surface area contributed by atoms with Gasteiger partial charge in [-0.25, -0.2) is 4.79 Å². The van der Waals surface area contributed by atoms with E-state index in [9.17, 15) is 9.59 Å². The van der Waals surface area contributed by atoms with Gasteiger partial charge in [-0.05, 0) is 36.5 Å². The molecule has 2 rings (SSSR count). The molecule has 0 aliphatic heterocycles. The minimum absolute atomic E-state index is 0.0164. The molecule has 1 aromatic carbocycles. The Hall–Kier alpha value is -1.69. The van der Waals surface area contributed by atoms with E-state index >= 15 is 0 Å². The lowest BCUT2D eigenvalue weighted by molar-refractivity contribution is -0.141. The number of aromatic carboxylic acids is 1. The van der Waals surface area contributed by atoms with Crippen molar-refractivity contribution in [3.63, 3.8) is 0 Å². The molecule has 0 heterocycles. The van der Waals surface area contributed by atoms with Gasteiger partial charge in [-0.3, -0.25) is 4.79 Å². The largest absolute Gasteiger partial charge is 0.478 e. The molecule has 0 amide bonds. The SMILES string of the molecule is COC(=O)CC1(CSc2ccc(N)c(C(=O)O)c2)CC1. The zero-order chi connectivity index (χ0) is 14.8. The number of carbonyl (C=O) groups excluding carboxylic acids is 1. The quantitative estimate of drug-likeness (QED) is 0.476. The Kier molecular flexibility index (Phi) is 4.23. The number of esters is 1. The fraction of sp³-hybridized carbons (Fsp3) is 0.429. The molecular formula is C14H17NO4S. The van der Waals surface area contributed by atoms with E-state index < -0.39 is 5.97 Å². The molecule has 1 fully saturated rings. The Morgan fingerprint density at radius 2 is 2.15 bits per heavy atom. The summed E-state index contributed by atoms with van der Waals surface area (Å²) in [6.07, 6.45) is 2.45. The number of benzene rings is 1. The number of methoxy groups -OCH3 is 1. The fourth-order valence-electron chi connectivity index (χ4n) is 1.97. The normalized spacial score (nSPS) is 15.7. The lowest BCUT2D eigenvalue weighted by atomic mass is 10.1. The third kappa shape index (κ3) is 3.45. The van der Waals surface area contributed by atoms with Crippen LogP contribution in [0.1, 0.15) is 29.6 Å². The van der Waals surface area contributed by atoms with Crippen LogP contribution < -0.4 is 5.73 Å². The number of nitrogens with two attached hydrogens (primary N) is 1. The number of hydrogen-bond donors (Lipinski definition) is 2. The van der Waals surface area contributed by atoms with Crippen LogP contribution in [0.2, 0.25) is 0 Å². The van der Waals surface area contributed by atoms with Crippen molar-refractivity contribution in [1.29, 1.82) is 0 Å². The van der Waals surface area contributed by atoms with Crippen molar-refractivity contribution in [3.8, 4) is 0 Å². The third-order valence-corrected chi connectivity index (χ3v) is 4.85. The zero-order valence-corrected chi connectivity index (χ0v) is 12.0. The number of carboxylic acid groups (broad SMARTS) is 1. The molecule has 1 aliphatic rings. The predicted molar refractivity (Wildman–Crippen MR) is 76.8 cm³/mol. The molecule has 1 saturated carbocycles. The number of ether oxygens (including phenoxy) is 1. The molecule has 20 heavy (non-hydrogen) atoms. The summed E-state index contributed by atoms with van der Waals surface area (Å²) >= 11 is 1.56. The molecule has 1 aliphatic carbocycles. The predicted octanol–water partition coefficient (Wildman–Crippen LogP) is 2.40. The molecule has 3 N–H and O–H groups in total. The van der Waals surface area contributed by atoms with Gasteiger partial charge in [-0.1, -0.05) is 0 Å². The van der Waals surface area contributed by atoms with Crippen molar-refractivity contribution in [2.45, 2.75) is 24.2 Å². The third-order valence-electron chi connectivity index (χ3n) is 3.50. The van der Waals surface area contributed by atoms with Crippen molar-refractivity contribution < 1.29 is 19.4 Å². The fourth-order valence-corrected chi connectivity index (χ4v) is 3.20. The van der Waals surface area contributed by atoms with Crippen molar-refractivity contribution >= 4 is 29.4 Å². The molecule has 0 unspecified atom stereocenters. The van der Waals surface area contributed by atoms with E-state index in [-0.39, 0.29) is 22.6 Å². The maximum Gasteiger partial charge on any atom is 0.337 e. The molecule has 1 aromatic rings. The molecule has 5 nitrogen and oxygen atoms in total. The summed E-state index contributed by atoms with van der Waals surface area (Å²) in [5.74, 6) is -0.433. The van der Waals surface area contributed by atoms with Gasteiger partial charge < -0.3 is 15.6 Å². The average Bonchev–Trinajstić information content (AvgIpc) is 3.17. The smallest absolute Gasteiger partial charge is 0.337 e. The van der Waals surface area contributed by atoms with Crippen molar-refractivity contribution in [1.82, 2.24) is 0 Å². The molecule has 108 valence electrons. The number of nitrogen functional groups attached to an aromatic ring is 1. The van der Waals surface area contributed by atoms with Crippen LogP contribution in [0.25, 0.3) is 0 Å². The summed E-state index contributed by atoms with van der Waals surface area (Å²) in [7, 11) is 1.39. The number of rotatable bonds is 6. The molecular weight excluding hydrogens is 278 g/mol. The van der Waals surface area contributed by atoms with Gasteiger partial charge in [-0.15, -0.1) is 11.8 Å². The zero-order valence-electron chi connectivity index (χ0n) is 11.2. The number of carbonyl (C=O) groups is 2. The Bertz CT molecular complexity index is 540. The molecule has 0 radical (unpaired) electrons. The van der Waals surface area contributed by atoms with Gasteiger partial charge in [0, 0.05) is 16.3 Å². The van der Waals surface area contributed by atoms with Gasteiger partial charge in [0.1, 0.15) is 0 Å². The van der Waals surface area contributed by atoms with Gasteiger partial charge in [0.05, 0.1) is 19.1 Å². The Morgan fingerprint density at radius 1 is 1.45 bits per heavy atom. The first-order valence-electron chi connectivity index (χ1n) is 6.28. The van der Waals surface area contributed by atoms with E-state index in [1.165, 1.54) is 7.11 Å². The first-order valence-corrected chi connectivity index (χ1v) is 7.27. The monoisotopic (exact) mass is 295 g/mol. The molecule has 0 spiro atoms. The maximum atomic E-state index is 11.3. The summed E-state index contributed by atoms with van der Waals surface area (Å²) in [5.41, 5.74) is 6.01. The van der Waals surface area contributed by atoms with E-state index in [1.807, 2.05) is 0 Å². The van der Waals surface area contributed by atoms with Crippen molar-refractivity contribution in [2.75, 3.05) is 18.6 Å². The van der Waals surface area contributed by atoms with Crippen LogP contribution in [0, 0.1) is 5.41 Å². The highest BCUT2D eigenvalue weighted by molar-refractivity contribution is 7.99. The first kappa shape index (κ1) is 14.7. The first-order chi connectivity index (χ1) is 9.46. The lowest BCUT2D eigenvalue weighted by Crippen LogP contribution is -2.13. The van der Waals surface area contributed by atoms with Crippen molar-refractivity contribution in [2.24, 2.45) is 5.41 Å². The maximum absolute atomic E-state index is 11.3. The van der Waals surface area contributed by atoms with E-state index in [1.54, 1.807) is 30.0 Å². The summed E-state index contributed by atoms with van der Waals surface area (Å²) in [4.78, 5) is 23.2. The van der Waals surface area contributed by atoms with E-state index in [0.29, 0.717) is 6.42 Å². The summed E-state index contributed by atoms with van der Waals surface area (Å²) in [6.45, 7) is 0. The molecule has 6 heteroatoms. The number of hydrogen-bond acceptors (Lipinski definition) is 5. The van der Waals surface area contributed by atoms with Crippen LogP contribution in [0.5, 0.6) is 0 Å². The van der Waals surface area contributed by atoms with Crippen LogP contribution in [-0.4, -0.2) is 29.9 Å². The number of anilines is 1. The number of carboxylic acids is 1. The molecule has 0 atom stereocenters. The van der Waals surface area contributed by atoms with Gasteiger partial charge in [0.2, 0.25) is 0 Å². The van der Waals surface area contributed by atoms with Gasteiger partial charge in [0.25, 0.3) is 0 Å². The topological polar surface area (TPSA) is 89.6 Å². The van der Waals surface area contributed by atoms with E-state index in [2.05, 4.69) is 0 Å². The van der Waals surface area contributed by atoms with Crippen molar-refractivity contribution in [3.05, 3.63) is 23.8 Å². The molecule has 0 aromatic heterocycles. The van der Waals surface area contributed by atoms with Crippen LogP contribution in [0.15, 0.2) is 23.1 Å². The Morgan fingerprint density at radius 3 is 2.70 bits per heavy atom. The molecule has 0 saturated heterocycles. The highest BCUT2D eigenvalue weighted by atomic mass is 32.2. The summed E-state index contributed by atoms with van der Waals surface area (Å²) < 4.78 is 4.70. The number of thioether (sulfide) groups is 1. The van der Waals surface area contributed by atoms with Crippen LogP contribution in [0.3, 0.4) is 0 Å². The van der Waals surface area contributed by atoms with Gasteiger partial charge in [-0.2, -0.15) is 0 Å². The van der Waals surface area contributed by atoms with Gasteiger partial charge in [0.15, 0.2) is 0 Å². The minimum Gasteiger partial charge on any atom is -0.478 e.